The zero-order valence-corrected chi connectivity index (χ0v) is 8.10. The summed E-state index contributed by atoms with van der Waals surface area (Å²) in [6, 6.07) is 1.93. The van der Waals surface area contributed by atoms with Crippen LogP contribution >= 0.6 is 35.6 Å². The summed E-state index contributed by atoms with van der Waals surface area (Å²) in [5.41, 5.74) is 1.44. The van der Waals surface area contributed by atoms with E-state index >= 15 is 0 Å². The van der Waals surface area contributed by atoms with Crippen molar-refractivity contribution in [2.24, 2.45) is 0 Å². The van der Waals surface area contributed by atoms with E-state index in [2.05, 4.69) is 5.32 Å². The van der Waals surface area contributed by atoms with Crippen LogP contribution in [0.3, 0.4) is 0 Å². The third-order valence-electron chi connectivity index (χ3n) is 0.712. The van der Waals surface area contributed by atoms with E-state index in [-0.39, 0.29) is 6.54 Å². The fourth-order valence-electron chi connectivity index (χ4n) is 0.323. The van der Waals surface area contributed by atoms with Gasteiger partial charge < -0.3 is 5.32 Å². The van der Waals surface area contributed by atoms with Crippen molar-refractivity contribution in [3.63, 3.8) is 0 Å². The Labute approximate surface area is 80.6 Å². The normalized spacial score (nSPS) is 9.45. The Bertz CT molecular complexity index is 186. The van der Waals surface area contributed by atoms with Crippen LogP contribution in [0.25, 0.3) is 0 Å². The second-order valence-corrected chi connectivity index (χ2v) is 3.42. The number of halogens is 1. The van der Waals surface area contributed by atoms with Gasteiger partial charge in [0.2, 0.25) is 0 Å². The molecular weight excluding hydrogens is 200 g/mol. The zero-order valence-electron chi connectivity index (χ0n) is 5.71. The molecule has 0 bridgehead atoms. The standard InChI is InChI=1S/C6H7ClN2S2/c7-2-1-5-11-6(10)9-4-3-8/h1-2H,4-5H2,(H,9,10)/b2-1+. The maximum atomic E-state index is 8.17. The molecule has 0 aromatic heterocycles. The second kappa shape index (κ2) is 7.86. The van der Waals surface area contributed by atoms with Crippen molar-refractivity contribution in [2.45, 2.75) is 0 Å². The number of hydrogen-bond donors (Lipinski definition) is 1. The first-order valence-corrected chi connectivity index (χ1v) is 4.67. The van der Waals surface area contributed by atoms with Crippen molar-refractivity contribution in [2.75, 3.05) is 12.3 Å². The molecule has 0 aromatic rings. The number of rotatable bonds is 3. The van der Waals surface area contributed by atoms with Crippen LogP contribution < -0.4 is 5.32 Å². The van der Waals surface area contributed by atoms with Gasteiger partial charge in [-0.05, 0) is 0 Å². The molecule has 0 amide bonds. The molecule has 0 unspecified atom stereocenters. The minimum absolute atomic E-state index is 0.260. The zero-order chi connectivity index (χ0) is 8.53. The molecule has 0 heterocycles. The average molecular weight is 207 g/mol. The van der Waals surface area contributed by atoms with Gasteiger partial charge in [-0.15, -0.1) is 0 Å². The van der Waals surface area contributed by atoms with E-state index in [1.54, 1.807) is 6.08 Å². The Kier molecular flexibility index (Phi) is 7.69. The highest BCUT2D eigenvalue weighted by Gasteiger charge is 1.91. The molecule has 0 aliphatic carbocycles. The van der Waals surface area contributed by atoms with Crippen LogP contribution in [0.4, 0.5) is 0 Å². The van der Waals surface area contributed by atoms with Crippen molar-refractivity contribution in [3.8, 4) is 6.07 Å². The fourth-order valence-corrected chi connectivity index (χ4v) is 1.31. The Morgan fingerprint density at radius 2 is 2.55 bits per heavy atom. The van der Waals surface area contributed by atoms with Gasteiger partial charge in [0.1, 0.15) is 10.9 Å². The number of nitriles is 1. The quantitative estimate of drug-likeness (QED) is 0.565. The average Bonchev–Trinajstić information content (AvgIpc) is 2.01. The van der Waals surface area contributed by atoms with Gasteiger partial charge in [0, 0.05) is 11.3 Å². The fraction of sp³-hybridized carbons (Fsp3) is 0.333. The molecule has 0 aromatic carbocycles. The van der Waals surface area contributed by atoms with Crippen LogP contribution in [-0.4, -0.2) is 16.6 Å². The predicted octanol–water partition coefficient (Wildman–Crippen LogP) is 1.87. The molecule has 2 nitrogen and oxygen atoms in total. The SMILES string of the molecule is N#CCNC(=S)SC/C=C/Cl. The number of nitrogens with one attached hydrogen (secondary N) is 1. The molecule has 1 N–H and O–H groups in total. The summed E-state index contributed by atoms with van der Waals surface area (Å²) in [5.74, 6) is 0.737. The van der Waals surface area contributed by atoms with Crippen LogP contribution in [0.5, 0.6) is 0 Å². The van der Waals surface area contributed by atoms with Crippen molar-refractivity contribution in [1.82, 2.24) is 5.32 Å². The van der Waals surface area contributed by atoms with Crippen LogP contribution in [0.1, 0.15) is 0 Å². The first-order valence-electron chi connectivity index (χ1n) is 2.84. The third-order valence-corrected chi connectivity index (χ3v) is 2.15. The van der Waals surface area contributed by atoms with E-state index in [9.17, 15) is 0 Å². The van der Waals surface area contributed by atoms with Crippen LogP contribution in [0, 0.1) is 11.3 Å². The van der Waals surface area contributed by atoms with E-state index in [1.807, 2.05) is 6.07 Å². The monoisotopic (exact) mass is 206 g/mol. The van der Waals surface area contributed by atoms with Crippen molar-refractivity contribution in [3.05, 3.63) is 11.6 Å². The summed E-state index contributed by atoms with van der Waals surface area (Å²) in [7, 11) is 0. The highest BCUT2D eigenvalue weighted by Crippen LogP contribution is 2.01. The van der Waals surface area contributed by atoms with E-state index < -0.39 is 0 Å². The summed E-state index contributed by atoms with van der Waals surface area (Å²) in [5, 5.41) is 10.9. The van der Waals surface area contributed by atoms with Gasteiger partial charge >= 0.3 is 0 Å². The first kappa shape index (κ1) is 10.8. The minimum atomic E-state index is 0.260. The van der Waals surface area contributed by atoms with E-state index in [1.165, 1.54) is 17.3 Å². The predicted molar refractivity (Wildman–Crippen MR) is 53.7 cm³/mol. The van der Waals surface area contributed by atoms with Gasteiger partial charge in [0.15, 0.2) is 0 Å². The Morgan fingerprint density at radius 3 is 3.09 bits per heavy atom. The van der Waals surface area contributed by atoms with Gasteiger partial charge in [-0.25, -0.2) is 0 Å². The summed E-state index contributed by atoms with van der Waals surface area (Å²) < 4.78 is 0.626. The molecule has 0 fully saturated rings. The highest BCUT2D eigenvalue weighted by molar-refractivity contribution is 8.23. The lowest BCUT2D eigenvalue weighted by Gasteiger charge is -1.99. The van der Waals surface area contributed by atoms with Crippen molar-refractivity contribution < 1.29 is 0 Å². The van der Waals surface area contributed by atoms with Gasteiger partial charge in [0.05, 0.1) is 6.07 Å². The van der Waals surface area contributed by atoms with Gasteiger partial charge in [-0.1, -0.05) is 41.7 Å². The van der Waals surface area contributed by atoms with E-state index in [4.69, 9.17) is 29.1 Å². The van der Waals surface area contributed by atoms with Crippen molar-refractivity contribution >= 4 is 39.9 Å². The molecule has 0 rings (SSSR count). The maximum absolute atomic E-state index is 8.17. The van der Waals surface area contributed by atoms with E-state index in [0.29, 0.717) is 4.32 Å². The number of hydrogen-bond acceptors (Lipinski definition) is 3. The highest BCUT2D eigenvalue weighted by atomic mass is 35.5. The number of thioether (sulfide) groups is 1. The Morgan fingerprint density at radius 1 is 1.82 bits per heavy atom. The summed E-state index contributed by atoms with van der Waals surface area (Å²) in [6.45, 7) is 0.260. The Hall–Kier alpha value is -0.240. The topological polar surface area (TPSA) is 35.8 Å². The maximum Gasteiger partial charge on any atom is 0.134 e. The largest absolute Gasteiger partial charge is 0.358 e. The smallest absolute Gasteiger partial charge is 0.134 e. The van der Waals surface area contributed by atoms with Crippen molar-refractivity contribution in [1.29, 1.82) is 5.26 Å². The molecule has 0 spiro atoms. The van der Waals surface area contributed by atoms with Crippen LogP contribution in [0.2, 0.25) is 0 Å². The molecule has 0 saturated heterocycles. The number of nitrogens with zero attached hydrogens (tertiary/aromatic N) is 1. The molecule has 5 heteroatoms. The lowest BCUT2D eigenvalue weighted by atomic mass is 10.7. The summed E-state index contributed by atoms with van der Waals surface area (Å²) >= 11 is 11.6. The Balaban J connectivity index is 3.31. The molecule has 0 atom stereocenters. The molecule has 0 radical (unpaired) electrons. The van der Waals surface area contributed by atoms with Gasteiger partial charge in [-0.2, -0.15) is 5.26 Å². The molecule has 0 saturated carbocycles. The number of thiocarbonyl (C=S) groups is 1. The minimum Gasteiger partial charge on any atom is -0.358 e. The molecule has 11 heavy (non-hydrogen) atoms. The lowest BCUT2D eigenvalue weighted by molar-refractivity contribution is 1.09. The van der Waals surface area contributed by atoms with Gasteiger partial charge in [-0.3, -0.25) is 0 Å². The first-order chi connectivity index (χ1) is 5.31. The summed E-state index contributed by atoms with van der Waals surface area (Å²) in [4.78, 5) is 0. The second-order valence-electron chi connectivity index (χ2n) is 1.47. The molecular formula is C6H7ClN2S2. The molecule has 0 aliphatic heterocycles. The van der Waals surface area contributed by atoms with Crippen LogP contribution in [0.15, 0.2) is 11.6 Å². The third kappa shape index (κ3) is 7.66. The van der Waals surface area contributed by atoms with Gasteiger partial charge in [0.25, 0.3) is 0 Å². The lowest BCUT2D eigenvalue weighted by Crippen LogP contribution is -2.18. The van der Waals surface area contributed by atoms with E-state index in [0.717, 1.165) is 5.75 Å². The molecule has 0 aliphatic rings. The summed E-state index contributed by atoms with van der Waals surface area (Å²) in [6.07, 6.45) is 1.78. The van der Waals surface area contributed by atoms with Crippen LogP contribution in [-0.2, 0) is 0 Å². The molecule has 60 valence electrons.